The van der Waals surface area contributed by atoms with E-state index >= 15 is 0 Å². The Morgan fingerprint density at radius 3 is 2.73 bits per heavy atom. The van der Waals surface area contributed by atoms with Gasteiger partial charge in [0.05, 0.1) is 0 Å². The highest BCUT2D eigenvalue weighted by Crippen LogP contribution is 2.24. The molecule has 82 valence electrons. The van der Waals surface area contributed by atoms with Gasteiger partial charge >= 0.3 is 0 Å². The van der Waals surface area contributed by atoms with E-state index in [-0.39, 0.29) is 0 Å². The Morgan fingerprint density at radius 2 is 2.07 bits per heavy atom. The van der Waals surface area contributed by atoms with Crippen LogP contribution in [0.4, 0.5) is 0 Å². The van der Waals surface area contributed by atoms with E-state index in [9.17, 15) is 0 Å². The zero-order chi connectivity index (χ0) is 10.6. The molecule has 1 fully saturated rings. The second kappa shape index (κ2) is 4.80. The van der Waals surface area contributed by atoms with Crippen LogP contribution in [-0.2, 0) is 6.42 Å². The molecule has 15 heavy (non-hydrogen) atoms. The summed E-state index contributed by atoms with van der Waals surface area (Å²) >= 11 is 0. The summed E-state index contributed by atoms with van der Waals surface area (Å²) in [6, 6.07) is 10.8. The molecule has 1 aromatic rings. The predicted molar refractivity (Wildman–Crippen MR) is 65.0 cm³/mol. The van der Waals surface area contributed by atoms with Crippen molar-refractivity contribution in [1.82, 2.24) is 5.32 Å². The van der Waals surface area contributed by atoms with Crippen LogP contribution >= 0.6 is 0 Å². The summed E-state index contributed by atoms with van der Waals surface area (Å²) in [5.41, 5.74) is 1.90. The zero-order valence-corrected chi connectivity index (χ0v) is 9.63. The molecule has 1 heterocycles. The topological polar surface area (TPSA) is 12.0 Å². The van der Waals surface area contributed by atoms with Crippen molar-refractivity contribution in [3.05, 3.63) is 35.9 Å². The van der Waals surface area contributed by atoms with Gasteiger partial charge in [0.15, 0.2) is 0 Å². The van der Waals surface area contributed by atoms with E-state index in [1.807, 2.05) is 0 Å². The van der Waals surface area contributed by atoms with E-state index in [0.717, 1.165) is 0 Å². The Balaban J connectivity index is 1.75. The SMILES string of the molecule is CC1(CCCc2ccccc2)CCCN1. The molecule has 0 aliphatic carbocycles. The van der Waals surface area contributed by atoms with E-state index in [0.29, 0.717) is 5.54 Å². The fourth-order valence-electron chi connectivity index (χ4n) is 2.50. The Morgan fingerprint density at radius 1 is 1.27 bits per heavy atom. The van der Waals surface area contributed by atoms with Crippen LogP contribution in [0.5, 0.6) is 0 Å². The van der Waals surface area contributed by atoms with Gasteiger partial charge in [-0.05, 0) is 51.1 Å². The summed E-state index contributed by atoms with van der Waals surface area (Å²) in [6.45, 7) is 3.58. The number of hydrogen-bond donors (Lipinski definition) is 1. The van der Waals surface area contributed by atoms with Gasteiger partial charge in [-0.25, -0.2) is 0 Å². The predicted octanol–water partition coefficient (Wildman–Crippen LogP) is 3.15. The van der Waals surface area contributed by atoms with Gasteiger partial charge in [0.2, 0.25) is 0 Å². The number of aryl methyl sites for hydroxylation is 1. The molecule has 1 N–H and O–H groups in total. The van der Waals surface area contributed by atoms with Crippen molar-refractivity contribution in [2.75, 3.05) is 6.54 Å². The molecule has 0 spiro atoms. The molecule has 1 aliphatic heterocycles. The first-order valence-electron chi connectivity index (χ1n) is 6.07. The lowest BCUT2D eigenvalue weighted by Gasteiger charge is -2.24. The fraction of sp³-hybridized carbons (Fsp3) is 0.571. The van der Waals surface area contributed by atoms with Crippen molar-refractivity contribution in [2.45, 2.75) is 44.6 Å². The second-order valence-electron chi connectivity index (χ2n) is 4.93. The summed E-state index contributed by atoms with van der Waals surface area (Å²) in [7, 11) is 0. The van der Waals surface area contributed by atoms with Gasteiger partial charge in [-0.2, -0.15) is 0 Å². The summed E-state index contributed by atoms with van der Waals surface area (Å²) in [6.07, 6.45) is 6.52. The quantitative estimate of drug-likeness (QED) is 0.792. The molecule has 0 aromatic heterocycles. The highest BCUT2D eigenvalue weighted by atomic mass is 15.0. The minimum Gasteiger partial charge on any atom is -0.312 e. The van der Waals surface area contributed by atoms with E-state index in [1.54, 1.807) is 0 Å². The molecule has 1 aromatic carbocycles. The van der Waals surface area contributed by atoms with Crippen LogP contribution in [0.3, 0.4) is 0 Å². The molecule has 0 bridgehead atoms. The Hall–Kier alpha value is -0.820. The maximum Gasteiger partial charge on any atom is 0.0153 e. The summed E-state index contributed by atoms with van der Waals surface area (Å²) in [4.78, 5) is 0. The first kappa shape index (κ1) is 10.7. The molecule has 0 amide bonds. The third-order valence-electron chi connectivity index (χ3n) is 3.49. The van der Waals surface area contributed by atoms with Crippen LogP contribution < -0.4 is 5.32 Å². The van der Waals surface area contributed by atoms with Crippen molar-refractivity contribution >= 4 is 0 Å². The molecular formula is C14H21N. The minimum atomic E-state index is 0.425. The lowest BCUT2D eigenvalue weighted by Crippen LogP contribution is -2.35. The van der Waals surface area contributed by atoms with Gasteiger partial charge in [0.25, 0.3) is 0 Å². The summed E-state index contributed by atoms with van der Waals surface area (Å²) < 4.78 is 0. The molecule has 1 aliphatic rings. The maximum atomic E-state index is 3.62. The second-order valence-corrected chi connectivity index (χ2v) is 4.93. The smallest absolute Gasteiger partial charge is 0.0153 e. The lowest BCUT2D eigenvalue weighted by atomic mass is 9.92. The van der Waals surface area contributed by atoms with Gasteiger partial charge < -0.3 is 5.32 Å². The van der Waals surface area contributed by atoms with Crippen molar-refractivity contribution in [3.63, 3.8) is 0 Å². The average Bonchev–Trinajstić information content (AvgIpc) is 2.67. The molecule has 1 saturated heterocycles. The van der Waals surface area contributed by atoms with Crippen molar-refractivity contribution in [2.24, 2.45) is 0 Å². The number of hydrogen-bond acceptors (Lipinski definition) is 1. The maximum absolute atomic E-state index is 3.62. The zero-order valence-electron chi connectivity index (χ0n) is 9.63. The van der Waals surface area contributed by atoms with Crippen LogP contribution in [0.1, 0.15) is 38.2 Å². The fourth-order valence-corrected chi connectivity index (χ4v) is 2.50. The summed E-state index contributed by atoms with van der Waals surface area (Å²) in [5.74, 6) is 0. The molecule has 1 nitrogen and oxygen atoms in total. The first-order chi connectivity index (χ1) is 7.29. The summed E-state index contributed by atoms with van der Waals surface area (Å²) in [5, 5.41) is 3.62. The minimum absolute atomic E-state index is 0.425. The lowest BCUT2D eigenvalue weighted by molar-refractivity contribution is 0.373. The number of nitrogens with one attached hydrogen (secondary N) is 1. The van der Waals surface area contributed by atoms with Crippen LogP contribution in [0.25, 0.3) is 0 Å². The normalized spacial score (nSPS) is 25.7. The van der Waals surface area contributed by atoms with E-state index < -0.39 is 0 Å². The van der Waals surface area contributed by atoms with Gasteiger partial charge in [0.1, 0.15) is 0 Å². The van der Waals surface area contributed by atoms with E-state index in [1.165, 1.54) is 44.2 Å². The van der Waals surface area contributed by atoms with E-state index in [4.69, 9.17) is 0 Å². The van der Waals surface area contributed by atoms with Gasteiger partial charge in [-0.1, -0.05) is 30.3 Å². The number of rotatable bonds is 4. The van der Waals surface area contributed by atoms with Crippen LogP contribution in [0.2, 0.25) is 0 Å². The Bertz CT molecular complexity index is 285. The van der Waals surface area contributed by atoms with Crippen LogP contribution in [-0.4, -0.2) is 12.1 Å². The highest BCUT2D eigenvalue weighted by molar-refractivity contribution is 5.14. The highest BCUT2D eigenvalue weighted by Gasteiger charge is 2.26. The molecule has 0 saturated carbocycles. The van der Waals surface area contributed by atoms with Gasteiger partial charge in [0, 0.05) is 5.54 Å². The van der Waals surface area contributed by atoms with Crippen LogP contribution in [0, 0.1) is 0 Å². The van der Waals surface area contributed by atoms with Gasteiger partial charge in [-0.15, -0.1) is 0 Å². The third-order valence-corrected chi connectivity index (χ3v) is 3.49. The third kappa shape index (κ3) is 3.07. The number of benzene rings is 1. The molecule has 1 atom stereocenters. The molecule has 1 unspecified atom stereocenters. The van der Waals surface area contributed by atoms with E-state index in [2.05, 4.69) is 42.6 Å². The Labute approximate surface area is 92.9 Å². The van der Waals surface area contributed by atoms with Crippen molar-refractivity contribution in [3.8, 4) is 0 Å². The first-order valence-corrected chi connectivity index (χ1v) is 6.07. The molecule has 1 heteroatoms. The van der Waals surface area contributed by atoms with Crippen molar-refractivity contribution in [1.29, 1.82) is 0 Å². The monoisotopic (exact) mass is 203 g/mol. The Kier molecular flexibility index (Phi) is 3.42. The van der Waals surface area contributed by atoms with Gasteiger partial charge in [-0.3, -0.25) is 0 Å². The average molecular weight is 203 g/mol. The van der Waals surface area contributed by atoms with Crippen molar-refractivity contribution < 1.29 is 0 Å². The molecule has 2 rings (SSSR count). The van der Waals surface area contributed by atoms with Crippen LogP contribution in [0.15, 0.2) is 30.3 Å². The standard InChI is InChI=1S/C14H21N/c1-14(11-6-12-15-14)10-5-9-13-7-3-2-4-8-13/h2-4,7-8,15H,5-6,9-12H2,1H3. The largest absolute Gasteiger partial charge is 0.312 e. The molecular weight excluding hydrogens is 182 g/mol. The molecule has 0 radical (unpaired) electrons.